The van der Waals surface area contributed by atoms with Crippen LogP contribution in [-0.4, -0.2) is 19.9 Å². The average molecular weight is 669 g/mol. The van der Waals surface area contributed by atoms with Crippen molar-refractivity contribution in [3.05, 3.63) is 170 Å². The van der Waals surface area contributed by atoms with Crippen LogP contribution in [0.5, 0.6) is 0 Å². The SMILES string of the molecule is c1ccc(-c2nc(-c3ccccc3)nc(-c3ccc(-c4cccc(-c5nc6c7ccccc7ccc6c6c5sc5ccccc56)c4)cc3)n2)cc1. The molecule has 0 fully saturated rings. The first kappa shape index (κ1) is 29.4. The van der Waals surface area contributed by atoms with Crippen molar-refractivity contribution in [2.45, 2.75) is 0 Å². The Morgan fingerprint density at radius 2 is 0.902 bits per heavy atom. The van der Waals surface area contributed by atoms with Crippen LogP contribution in [0.15, 0.2) is 170 Å². The van der Waals surface area contributed by atoms with Gasteiger partial charge in [0, 0.05) is 48.5 Å². The summed E-state index contributed by atoms with van der Waals surface area (Å²) in [5.74, 6) is 1.95. The van der Waals surface area contributed by atoms with E-state index in [4.69, 9.17) is 19.9 Å². The first-order chi connectivity index (χ1) is 25.3. The zero-order valence-corrected chi connectivity index (χ0v) is 28.2. The Morgan fingerprint density at radius 3 is 1.61 bits per heavy atom. The van der Waals surface area contributed by atoms with E-state index in [1.54, 1.807) is 0 Å². The number of rotatable bonds is 5. The Kier molecular flexibility index (Phi) is 6.96. The maximum absolute atomic E-state index is 5.44. The molecule has 0 aliphatic heterocycles. The standard InChI is InChI=1S/C46H28N4S/c1-3-13-31(14-4-1)44-48-45(32-15-5-2-6-16-32)50-46(49-44)33-24-22-29(23-25-33)34-17-11-18-35(28-34)41-43-40(37-20-9-10-21-39(37)51-43)38-27-26-30-12-7-8-19-36(30)42(38)47-41/h1-28H. The molecule has 0 bridgehead atoms. The number of aromatic nitrogens is 4. The third-order valence-electron chi connectivity index (χ3n) is 9.52. The van der Waals surface area contributed by atoms with Crippen molar-refractivity contribution >= 4 is 53.2 Å². The minimum absolute atomic E-state index is 0.641. The fourth-order valence-electron chi connectivity index (χ4n) is 7.01. The largest absolute Gasteiger partial charge is 0.246 e. The van der Waals surface area contributed by atoms with Gasteiger partial charge in [-0.1, -0.05) is 158 Å². The van der Waals surface area contributed by atoms with E-state index in [0.717, 1.165) is 44.6 Å². The lowest BCUT2D eigenvalue weighted by Crippen LogP contribution is -2.00. The third kappa shape index (κ3) is 5.14. The number of thiophene rings is 1. The highest BCUT2D eigenvalue weighted by Crippen LogP contribution is 2.44. The molecule has 0 saturated heterocycles. The highest BCUT2D eigenvalue weighted by atomic mass is 32.1. The maximum Gasteiger partial charge on any atom is 0.164 e. The second-order valence-electron chi connectivity index (χ2n) is 12.6. The Bertz CT molecular complexity index is 2840. The van der Waals surface area contributed by atoms with Gasteiger partial charge in [0.25, 0.3) is 0 Å². The molecule has 0 saturated carbocycles. The lowest BCUT2D eigenvalue weighted by Gasteiger charge is -2.11. The van der Waals surface area contributed by atoms with E-state index in [0.29, 0.717) is 17.5 Å². The van der Waals surface area contributed by atoms with Crippen molar-refractivity contribution in [3.63, 3.8) is 0 Å². The molecule has 10 rings (SSSR count). The number of hydrogen-bond acceptors (Lipinski definition) is 5. The van der Waals surface area contributed by atoms with Gasteiger partial charge < -0.3 is 0 Å². The Morgan fingerprint density at radius 1 is 0.353 bits per heavy atom. The van der Waals surface area contributed by atoms with Crippen molar-refractivity contribution in [1.82, 2.24) is 19.9 Å². The van der Waals surface area contributed by atoms with Gasteiger partial charge in [0.1, 0.15) is 0 Å². The van der Waals surface area contributed by atoms with E-state index in [-0.39, 0.29) is 0 Å². The lowest BCUT2D eigenvalue weighted by molar-refractivity contribution is 1.07. The van der Waals surface area contributed by atoms with Crippen LogP contribution in [0.1, 0.15) is 0 Å². The van der Waals surface area contributed by atoms with Crippen LogP contribution in [0.3, 0.4) is 0 Å². The Balaban J connectivity index is 1.09. The fraction of sp³-hybridized carbons (Fsp3) is 0. The number of benzene rings is 7. The van der Waals surface area contributed by atoms with Crippen LogP contribution in [0.25, 0.3) is 98.4 Å². The van der Waals surface area contributed by atoms with Crippen LogP contribution < -0.4 is 0 Å². The highest BCUT2D eigenvalue weighted by Gasteiger charge is 2.18. The molecule has 0 aliphatic rings. The summed E-state index contributed by atoms with van der Waals surface area (Å²) < 4.78 is 2.48. The molecule has 51 heavy (non-hydrogen) atoms. The van der Waals surface area contributed by atoms with Crippen LogP contribution in [-0.2, 0) is 0 Å². The van der Waals surface area contributed by atoms with E-state index in [2.05, 4.69) is 109 Å². The summed E-state index contributed by atoms with van der Waals surface area (Å²) in [6, 6.07) is 59.1. The van der Waals surface area contributed by atoms with E-state index in [1.165, 1.54) is 36.3 Å². The first-order valence-corrected chi connectivity index (χ1v) is 17.8. The Hall–Kier alpha value is -6.56. The summed E-state index contributed by atoms with van der Waals surface area (Å²) in [6.07, 6.45) is 0. The first-order valence-electron chi connectivity index (χ1n) is 17.0. The number of nitrogens with zero attached hydrogens (tertiary/aromatic N) is 4. The monoisotopic (exact) mass is 668 g/mol. The zero-order valence-electron chi connectivity index (χ0n) is 27.4. The summed E-state index contributed by atoms with van der Waals surface area (Å²) in [7, 11) is 0. The number of hydrogen-bond donors (Lipinski definition) is 0. The van der Waals surface area contributed by atoms with Gasteiger partial charge in [0.2, 0.25) is 0 Å². The van der Waals surface area contributed by atoms with E-state index in [9.17, 15) is 0 Å². The quantitative estimate of drug-likeness (QED) is 0.171. The molecule has 3 aromatic heterocycles. The fourth-order valence-corrected chi connectivity index (χ4v) is 8.24. The van der Waals surface area contributed by atoms with Gasteiger partial charge >= 0.3 is 0 Å². The molecule has 0 radical (unpaired) electrons. The molecular weight excluding hydrogens is 641 g/mol. The van der Waals surface area contributed by atoms with Gasteiger partial charge in [-0.05, 0) is 28.6 Å². The summed E-state index contributed by atoms with van der Waals surface area (Å²) in [5.41, 5.74) is 8.22. The molecule has 3 heterocycles. The predicted molar refractivity (Wildman–Crippen MR) is 213 cm³/mol. The third-order valence-corrected chi connectivity index (χ3v) is 10.7. The minimum atomic E-state index is 0.641. The van der Waals surface area contributed by atoms with Crippen LogP contribution >= 0.6 is 11.3 Å². The highest BCUT2D eigenvalue weighted by molar-refractivity contribution is 7.26. The molecule has 0 amide bonds. The van der Waals surface area contributed by atoms with E-state index < -0.39 is 0 Å². The summed E-state index contributed by atoms with van der Waals surface area (Å²) in [5, 5.41) is 6.11. The number of fused-ring (bicyclic) bond motifs is 7. The van der Waals surface area contributed by atoms with Gasteiger partial charge in [-0.15, -0.1) is 11.3 Å². The maximum atomic E-state index is 5.44. The van der Waals surface area contributed by atoms with Crippen LogP contribution in [0.2, 0.25) is 0 Å². The summed E-state index contributed by atoms with van der Waals surface area (Å²) >= 11 is 1.82. The minimum Gasteiger partial charge on any atom is -0.246 e. The van der Waals surface area contributed by atoms with Gasteiger partial charge in [0.15, 0.2) is 17.5 Å². The van der Waals surface area contributed by atoms with Crippen molar-refractivity contribution in [2.24, 2.45) is 0 Å². The van der Waals surface area contributed by atoms with Gasteiger partial charge in [-0.2, -0.15) is 0 Å². The summed E-state index contributed by atoms with van der Waals surface area (Å²) in [4.78, 5) is 20.1. The molecule has 0 unspecified atom stereocenters. The molecule has 0 atom stereocenters. The molecule has 0 spiro atoms. The lowest BCUT2D eigenvalue weighted by atomic mass is 9.97. The number of pyridine rings is 1. The topological polar surface area (TPSA) is 51.6 Å². The van der Waals surface area contributed by atoms with Gasteiger partial charge in [-0.3, -0.25) is 0 Å². The van der Waals surface area contributed by atoms with Crippen molar-refractivity contribution < 1.29 is 0 Å². The molecule has 0 N–H and O–H groups in total. The average Bonchev–Trinajstić information content (AvgIpc) is 3.61. The zero-order chi connectivity index (χ0) is 33.7. The van der Waals surface area contributed by atoms with Gasteiger partial charge in [0.05, 0.1) is 15.9 Å². The smallest absolute Gasteiger partial charge is 0.164 e. The molecule has 7 aromatic carbocycles. The van der Waals surface area contributed by atoms with Crippen LogP contribution in [0, 0.1) is 0 Å². The van der Waals surface area contributed by atoms with E-state index in [1.807, 2.05) is 72.0 Å². The molecule has 238 valence electrons. The van der Waals surface area contributed by atoms with Crippen molar-refractivity contribution in [3.8, 4) is 56.5 Å². The molecular formula is C46H28N4S. The molecule has 0 aliphatic carbocycles. The molecule has 4 nitrogen and oxygen atoms in total. The Labute approximate surface area is 298 Å². The van der Waals surface area contributed by atoms with Crippen molar-refractivity contribution in [2.75, 3.05) is 0 Å². The predicted octanol–water partition coefficient (Wildman–Crippen LogP) is 12.3. The normalized spacial score (nSPS) is 11.5. The van der Waals surface area contributed by atoms with Crippen molar-refractivity contribution in [1.29, 1.82) is 0 Å². The second-order valence-corrected chi connectivity index (χ2v) is 13.7. The summed E-state index contributed by atoms with van der Waals surface area (Å²) in [6.45, 7) is 0. The second kappa shape index (κ2) is 12.1. The van der Waals surface area contributed by atoms with Crippen LogP contribution in [0.4, 0.5) is 0 Å². The molecule has 5 heteroatoms. The molecule has 10 aromatic rings. The van der Waals surface area contributed by atoms with Gasteiger partial charge in [-0.25, -0.2) is 19.9 Å². The van der Waals surface area contributed by atoms with E-state index >= 15 is 0 Å².